The SMILES string of the molecule is CC1(O)CCCN(c2nccc(N)n2)CC1. The van der Waals surface area contributed by atoms with Crippen molar-refractivity contribution in [2.45, 2.75) is 31.8 Å². The van der Waals surface area contributed by atoms with Gasteiger partial charge in [0.05, 0.1) is 5.60 Å². The first-order valence-electron chi connectivity index (χ1n) is 5.63. The number of aliphatic hydroxyl groups is 1. The lowest BCUT2D eigenvalue weighted by molar-refractivity contribution is 0.0481. The summed E-state index contributed by atoms with van der Waals surface area (Å²) in [5, 5.41) is 9.98. The van der Waals surface area contributed by atoms with Crippen LogP contribution in [0.5, 0.6) is 0 Å². The van der Waals surface area contributed by atoms with Gasteiger partial charge in [-0.15, -0.1) is 0 Å². The highest BCUT2D eigenvalue weighted by Crippen LogP contribution is 2.23. The standard InChI is InChI=1S/C11H18N4O/c1-11(16)4-2-7-15(8-5-11)10-13-6-3-9(12)14-10/h3,6,16H,2,4-5,7-8H2,1H3,(H2,12,13,14). The Morgan fingerprint density at radius 3 is 3.00 bits per heavy atom. The molecular weight excluding hydrogens is 204 g/mol. The number of aromatic nitrogens is 2. The van der Waals surface area contributed by atoms with Crippen molar-refractivity contribution < 1.29 is 5.11 Å². The van der Waals surface area contributed by atoms with E-state index in [0.717, 1.165) is 32.4 Å². The molecule has 1 fully saturated rings. The molecule has 0 radical (unpaired) electrons. The maximum Gasteiger partial charge on any atom is 0.227 e. The second kappa shape index (κ2) is 4.25. The third-order valence-corrected chi connectivity index (χ3v) is 3.01. The molecule has 1 aliphatic rings. The van der Waals surface area contributed by atoms with Crippen molar-refractivity contribution in [3.05, 3.63) is 12.3 Å². The van der Waals surface area contributed by atoms with Gasteiger partial charge in [-0.05, 0) is 32.3 Å². The zero-order valence-corrected chi connectivity index (χ0v) is 9.56. The van der Waals surface area contributed by atoms with Crippen LogP contribution in [-0.4, -0.2) is 33.8 Å². The zero-order chi connectivity index (χ0) is 11.6. The highest BCUT2D eigenvalue weighted by molar-refractivity contribution is 5.37. The summed E-state index contributed by atoms with van der Waals surface area (Å²) in [7, 11) is 0. The van der Waals surface area contributed by atoms with Crippen LogP contribution in [0.1, 0.15) is 26.2 Å². The molecule has 5 heteroatoms. The minimum absolute atomic E-state index is 0.487. The van der Waals surface area contributed by atoms with Crippen LogP contribution in [0.25, 0.3) is 0 Å². The summed E-state index contributed by atoms with van der Waals surface area (Å²) in [6.45, 7) is 3.53. The predicted molar refractivity (Wildman–Crippen MR) is 63.1 cm³/mol. The quantitative estimate of drug-likeness (QED) is 0.735. The van der Waals surface area contributed by atoms with E-state index in [9.17, 15) is 5.11 Å². The highest BCUT2D eigenvalue weighted by Gasteiger charge is 2.25. The topological polar surface area (TPSA) is 75.3 Å². The predicted octanol–water partition coefficient (Wildman–Crippen LogP) is 0.800. The Morgan fingerprint density at radius 2 is 2.25 bits per heavy atom. The molecule has 1 atom stereocenters. The molecule has 1 aromatic rings. The average molecular weight is 222 g/mol. The summed E-state index contributed by atoms with van der Waals surface area (Å²) in [6, 6.07) is 1.68. The van der Waals surface area contributed by atoms with Gasteiger partial charge < -0.3 is 15.7 Å². The maximum atomic E-state index is 9.98. The van der Waals surface area contributed by atoms with E-state index in [2.05, 4.69) is 14.9 Å². The Kier molecular flexibility index (Phi) is 2.96. The summed E-state index contributed by atoms with van der Waals surface area (Å²) in [6.07, 6.45) is 4.18. The molecule has 0 amide bonds. The summed E-state index contributed by atoms with van der Waals surface area (Å²) in [4.78, 5) is 10.5. The van der Waals surface area contributed by atoms with Gasteiger partial charge in [0.2, 0.25) is 5.95 Å². The lowest BCUT2D eigenvalue weighted by atomic mass is 9.98. The maximum absolute atomic E-state index is 9.98. The lowest BCUT2D eigenvalue weighted by Gasteiger charge is -2.22. The number of nitrogens with zero attached hydrogens (tertiary/aromatic N) is 3. The second-order valence-electron chi connectivity index (χ2n) is 4.62. The van der Waals surface area contributed by atoms with Crippen LogP contribution in [0.15, 0.2) is 12.3 Å². The molecule has 1 aliphatic heterocycles. The summed E-state index contributed by atoms with van der Waals surface area (Å²) < 4.78 is 0. The fourth-order valence-corrected chi connectivity index (χ4v) is 1.98. The van der Waals surface area contributed by atoms with Gasteiger partial charge in [-0.2, -0.15) is 4.98 Å². The van der Waals surface area contributed by atoms with Crippen molar-refractivity contribution in [3.63, 3.8) is 0 Å². The van der Waals surface area contributed by atoms with Crippen molar-refractivity contribution in [2.24, 2.45) is 0 Å². The first kappa shape index (κ1) is 11.1. The molecule has 0 bridgehead atoms. The molecule has 88 valence electrons. The summed E-state index contributed by atoms with van der Waals surface area (Å²) in [5.74, 6) is 1.15. The van der Waals surface area contributed by atoms with Crippen LogP contribution in [-0.2, 0) is 0 Å². The van der Waals surface area contributed by atoms with E-state index in [1.54, 1.807) is 12.3 Å². The summed E-state index contributed by atoms with van der Waals surface area (Å²) in [5.41, 5.74) is 5.07. The van der Waals surface area contributed by atoms with Crippen LogP contribution < -0.4 is 10.6 Å². The van der Waals surface area contributed by atoms with Gasteiger partial charge in [0.25, 0.3) is 0 Å². The number of nitrogens with two attached hydrogens (primary N) is 1. The molecule has 2 rings (SSSR count). The van der Waals surface area contributed by atoms with Crippen LogP contribution in [0.4, 0.5) is 11.8 Å². The normalized spacial score (nSPS) is 26.5. The first-order chi connectivity index (χ1) is 7.57. The number of hydrogen-bond donors (Lipinski definition) is 2. The largest absolute Gasteiger partial charge is 0.390 e. The fraction of sp³-hybridized carbons (Fsp3) is 0.636. The van der Waals surface area contributed by atoms with Crippen molar-refractivity contribution in [3.8, 4) is 0 Å². The van der Waals surface area contributed by atoms with Gasteiger partial charge in [0.15, 0.2) is 0 Å². The van der Waals surface area contributed by atoms with E-state index in [1.165, 1.54) is 0 Å². The zero-order valence-electron chi connectivity index (χ0n) is 9.56. The van der Waals surface area contributed by atoms with Crippen molar-refractivity contribution in [1.29, 1.82) is 0 Å². The third-order valence-electron chi connectivity index (χ3n) is 3.01. The Labute approximate surface area is 95.3 Å². The fourth-order valence-electron chi connectivity index (χ4n) is 1.98. The number of nitrogen functional groups attached to an aromatic ring is 1. The Morgan fingerprint density at radius 1 is 1.44 bits per heavy atom. The smallest absolute Gasteiger partial charge is 0.227 e. The first-order valence-corrected chi connectivity index (χ1v) is 5.63. The molecule has 0 saturated carbocycles. The lowest BCUT2D eigenvalue weighted by Crippen LogP contribution is -2.29. The molecule has 0 spiro atoms. The number of rotatable bonds is 1. The molecule has 5 nitrogen and oxygen atoms in total. The molecule has 2 heterocycles. The van der Waals surface area contributed by atoms with Gasteiger partial charge in [0, 0.05) is 19.3 Å². The van der Waals surface area contributed by atoms with E-state index < -0.39 is 5.60 Å². The molecule has 16 heavy (non-hydrogen) atoms. The molecule has 1 aromatic heterocycles. The van der Waals surface area contributed by atoms with Crippen molar-refractivity contribution in [2.75, 3.05) is 23.7 Å². The van der Waals surface area contributed by atoms with Crippen LogP contribution in [0.2, 0.25) is 0 Å². The van der Waals surface area contributed by atoms with Gasteiger partial charge in [-0.3, -0.25) is 0 Å². The van der Waals surface area contributed by atoms with Crippen LogP contribution in [0.3, 0.4) is 0 Å². The van der Waals surface area contributed by atoms with Crippen LogP contribution in [0, 0.1) is 0 Å². The molecule has 0 aromatic carbocycles. The van der Waals surface area contributed by atoms with Gasteiger partial charge in [0.1, 0.15) is 5.82 Å². The average Bonchev–Trinajstić information content (AvgIpc) is 2.39. The number of anilines is 2. The Hall–Kier alpha value is -1.36. The molecule has 1 unspecified atom stereocenters. The van der Waals surface area contributed by atoms with Gasteiger partial charge in [-0.1, -0.05) is 0 Å². The van der Waals surface area contributed by atoms with E-state index in [-0.39, 0.29) is 0 Å². The Bertz CT molecular complexity index is 367. The van der Waals surface area contributed by atoms with E-state index >= 15 is 0 Å². The van der Waals surface area contributed by atoms with Crippen LogP contribution >= 0.6 is 0 Å². The third kappa shape index (κ3) is 2.61. The van der Waals surface area contributed by atoms with E-state index in [4.69, 9.17) is 5.73 Å². The molecular formula is C11H18N4O. The minimum atomic E-state index is -0.560. The molecule has 3 N–H and O–H groups in total. The number of hydrogen-bond acceptors (Lipinski definition) is 5. The van der Waals surface area contributed by atoms with E-state index in [0.29, 0.717) is 11.8 Å². The van der Waals surface area contributed by atoms with Gasteiger partial charge >= 0.3 is 0 Å². The second-order valence-corrected chi connectivity index (χ2v) is 4.62. The molecule has 0 aliphatic carbocycles. The molecule has 1 saturated heterocycles. The van der Waals surface area contributed by atoms with Gasteiger partial charge in [-0.25, -0.2) is 4.98 Å². The van der Waals surface area contributed by atoms with E-state index in [1.807, 2.05) is 6.92 Å². The van der Waals surface area contributed by atoms with Crippen molar-refractivity contribution in [1.82, 2.24) is 9.97 Å². The Balaban J connectivity index is 2.11. The van der Waals surface area contributed by atoms with Crippen molar-refractivity contribution >= 4 is 11.8 Å². The summed E-state index contributed by atoms with van der Waals surface area (Å²) >= 11 is 0. The monoisotopic (exact) mass is 222 g/mol. The minimum Gasteiger partial charge on any atom is -0.390 e. The highest BCUT2D eigenvalue weighted by atomic mass is 16.3.